The van der Waals surface area contributed by atoms with Crippen LogP contribution in [0.3, 0.4) is 0 Å². The molecule has 4 atom stereocenters. The van der Waals surface area contributed by atoms with Gasteiger partial charge in [-0.3, -0.25) is 14.4 Å². The van der Waals surface area contributed by atoms with Crippen LogP contribution in [0.2, 0.25) is 0 Å². The average molecular weight is 384 g/mol. The third-order valence-corrected chi connectivity index (χ3v) is 6.63. The standard InChI is InChI=1S/C15H16N2O6S2/c1-15(2)9(14(22)23)17-11(19)8(12(17)25-15)16-10(18)7(13(20)21)6-3-4-24-5-6/h3-5,7-9,12H,1-2H3,(H,16,18)(H,20,21)(H,22,23)/t7?,8-,9+,12+/m1/s1. The molecule has 3 heterocycles. The molecule has 2 aliphatic heterocycles. The Bertz CT molecular complexity index is 747. The number of aliphatic carboxylic acids is 2. The molecule has 1 aromatic heterocycles. The summed E-state index contributed by atoms with van der Waals surface area (Å²) in [5.74, 6) is -5.08. The molecular weight excluding hydrogens is 368 g/mol. The molecule has 0 saturated carbocycles. The fourth-order valence-corrected chi connectivity index (χ4v) is 5.54. The maximum absolute atomic E-state index is 12.4. The van der Waals surface area contributed by atoms with E-state index in [9.17, 15) is 29.4 Å². The molecule has 8 nitrogen and oxygen atoms in total. The number of carbonyl (C=O) groups excluding carboxylic acids is 2. The van der Waals surface area contributed by atoms with E-state index < -0.39 is 51.9 Å². The molecule has 134 valence electrons. The van der Waals surface area contributed by atoms with Gasteiger partial charge in [-0.1, -0.05) is 0 Å². The molecule has 25 heavy (non-hydrogen) atoms. The highest BCUT2D eigenvalue weighted by molar-refractivity contribution is 8.01. The van der Waals surface area contributed by atoms with E-state index >= 15 is 0 Å². The Morgan fingerprint density at radius 2 is 2.00 bits per heavy atom. The van der Waals surface area contributed by atoms with Crippen LogP contribution in [-0.2, 0) is 19.2 Å². The van der Waals surface area contributed by atoms with Gasteiger partial charge in [-0.15, -0.1) is 11.8 Å². The highest BCUT2D eigenvalue weighted by Gasteiger charge is 2.64. The van der Waals surface area contributed by atoms with Gasteiger partial charge in [-0.25, -0.2) is 4.79 Å². The second kappa shape index (κ2) is 6.03. The van der Waals surface area contributed by atoms with Crippen molar-refractivity contribution in [2.24, 2.45) is 0 Å². The third kappa shape index (κ3) is 2.78. The van der Waals surface area contributed by atoms with Crippen LogP contribution < -0.4 is 5.32 Å². The summed E-state index contributed by atoms with van der Waals surface area (Å²) in [6, 6.07) is -0.344. The van der Waals surface area contributed by atoms with E-state index in [-0.39, 0.29) is 0 Å². The minimum atomic E-state index is -1.40. The maximum atomic E-state index is 12.4. The molecule has 0 aromatic carbocycles. The summed E-state index contributed by atoms with van der Waals surface area (Å²) in [6.07, 6.45) is 0. The minimum absolute atomic E-state index is 0.349. The highest BCUT2D eigenvalue weighted by Crippen LogP contribution is 2.50. The number of carbonyl (C=O) groups is 4. The van der Waals surface area contributed by atoms with Gasteiger partial charge in [0.15, 0.2) is 5.92 Å². The van der Waals surface area contributed by atoms with E-state index in [1.165, 1.54) is 28.0 Å². The number of nitrogens with zero attached hydrogens (tertiary/aromatic N) is 1. The van der Waals surface area contributed by atoms with Gasteiger partial charge in [-0.2, -0.15) is 11.3 Å². The lowest BCUT2D eigenvalue weighted by atomic mass is 9.95. The summed E-state index contributed by atoms with van der Waals surface area (Å²) in [4.78, 5) is 48.9. The van der Waals surface area contributed by atoms with Gasteiger partial charge in [0.1, 0.15) is 17.5 Å². The number of carboxylic acid groups (broad SMARTS) is 2. The van der Waals surface area contributed by atoms with Gasteiger partial charge >= 0.3 is 11.9 Å². The van der Waals surface area contributed by atoms with Crippen LogP contribution in [0.15, 0.2) is 16.8 Å². The Hall–Kier alpha value is -2.07. The molecule has 2 fully saturated rings. The lowest BCUT2D eigenvalue weighted by Crippen LogP contribution is -2.71. The van der Waals surface area contributed by atoms with Gasteiger partial charge < -0.3 is 20.4 Å². The molecular formula is C15H16N2O6S2. The van der Waals surface area contributed by atoms with Crippen LogP contribution in [0, 0.1) is 0 Å². The van der Waals surface area contributed by atoms with Gasteiger partial charge in [0, 0.05) is 4.75 Å². The largest absolute Gasteiger partial charge is 0.480 e. The van der Waals surface area contributed by atoms with Crippen molar-refractivity contribution in [1.29, 1.82) is 0 Å². The van der Waals surface area contributed by atoms with Crippen molar-refractivity contribution < 1.29 is 29.4 Å². The number of nitrogens with one attached hydrogen (secondary N) is 1. The van der Waals surface area contributed by atoms with Crippen LogP contribution in [0.5, 0.6) is 0 Å². The summed E-state index contributed by atoms with van der Waals surface area (Å²) in [5.41, 5.74) is 0.349. The van der Waals surface area contributed by atoms with Crippen molar-refractivity contribution in [1.82, 2.24) is 10.2 Å². The topological polar surface area (TPSA) is 124 Å². The highest BCUT2D eigenvalue weighted by atomic mass is 32.2. The van der Waals surface area contributed by atoms with E-state index in [0.717, 1.165) is 0 Å². The van der Waals surface area contributed by atoms with Crippen LogP contribution in [-0.4, -0.2) is 61.1 Å². The summed E-state index contributed by atoms with van der Waals surface area (Å²) >= 11 is 2.56. The molecule has 0 aliphatic carbocycles. The Kier molecular flexibility index (Phi) is 4.28. The maximum Gasteiger partial charge on any atom is 0.327 e. The Morgan fingerprint density at radius 1 is 1.32 bits per heavy atom. The molecule has 3 N–H and O–H groups in total. The van der Waals surface area contributed by atoms with E-state index in [2.05, 4.69) is 5.32 Å². The van der Waals surface area contributed by atoms with Crippen LogP contribution >= 0.6 is 23.1 Å². The summed E-state index contributed by atoms with van der Waals surface area (Å²) in [5, 5.41) is 23.9. The summed E-state index contributed by atoms with van der Waals surface area (Å²) < 4.78 is -0.703. The Morgan fingerprint density at radius 3 is 2.52 bits per heavy atom. The number of rotatable bonds is 5. The molecule has 3 rings (SSSR count). The first kappa shape index (κ1) is 17.7. The molecule has 2 amide bonds. The molecule has 10 heteroatoms. The number of carboxylic acids is 2. The lowest BCUT2D eigenvalue weighted by Gasteiger charge is -2.43. The fourth-order valence-electron chi connectivity index (χ4n) is 3.23. The predicted octanol–water partition coefficient (Wildman–Crippen LogP) is 0.548. The first-order chi connectivity index (χ1) is 11.6. The molecule has 2 aliphatic rings. The zero-order chi connectivity index (χ0) is 18.5. The van der Waals surface area contributed by atoms with Crippen molar-refractivity contribution in [3.63, 3.8) is 0 Å². The third-order valence-electron chi connectivity index (χ3n) is 4.36. The van der Waals surface area contributed by atoms with Crippen molar-refractivity contribution in [2.75, 3.05) is 0 Å². The SMILES string of the molecule is CC1(C)S[C@H]2[C@H](NC(=O)C(C(=O)O)c3ccsc3)C(=O)N2[C@H]1C(=O)O. The summed E-state index contributed by atoms with van der Waals surface area (Å²) in [7, 11) is 0. The predicted molar refractivity (Wildman–Crippen MR) is 90.4 cm³/mol. The van der Waals surface area contributed by atoms with Crippen LogP contribution in [0.4, 0.5) is 0 Å². The fraction of sp³-hybridized carbons (Fsp3) is 0.467. The van der Waals surface area contributed by atoms with E-state index in [1.807, 2.05) is 0 Å². The lowest BCUT2D eigenvalue weighted by molar-refractivity contribution is -0.161. The average Bonchev–Trinajstić information content (AvgIpc) is 3.09. The minimum Gasteiger partial charge on any atom is -0.480 e. The van der Waals surface area contributed by atoms with Crippen molar-refractivity contribution in [3.05, 3.63) is 22.4 Å². The second-order valence-electron chi connectivity index (χ2n) is 6.41. The molecule has 0 spiro atoms. The smallest absolute Gasteiger partial charge is 0.327 e. The molecule has 2 saturated heterocycles. The first-order valence-electron chi connectivity index (χ1n) is 7.43. The number of fused-ring (bicyclic) bond motifs is 1. The number of thiophene rings is 1. The molecule has 0 radical (unpaired) electrons. The van der Waals surface area contributed by atoms with Crippen molar-refractivity contribution in [3.8, 4) is 0 Å². The normalized spacial score (nSPS) is 28.0. The molecule has 0 bridgehead atoms. The summed E-state index contributed by atoms with van der Waals surface area (Å²) in [6.45, 7) is 3.46. The Balaban J connectivity index is 1.77. The zero-order valence-electron chi connectivity index (χ0n) is 13.3. The van der Waals surface area contributed by atoms with Gasteiger partial charge in [0.05, 0.1) is 0 Å². The van der Waals surface area contributed by atoms with E-state index in [4.69, 9.17) is 0 Å². The van der Waals surface area contributed by atoms with Gasteiger partial charge in [-0.05, 0) is 36.2 Å². The zero-order valence-corrected chi connectivity index (χ0v) is 15.0. The van der Waals surface area contributed by atoms with E-state index in [0.29, 0.717) is 5.56 Å². The molecule has 1 unspecified atom stereocenters. The van der Waals surface area contributed by atoms with Crippen molar-refractivity contribution >= 4 is 46.9 Å². The van der Waals surface area contributed by atoms with E-state index in [1.54, 1.807) is 30.7 Å². The van der Waals surface area contributed by atoms with Gasteiger partial charge in [0.2, 0.25) is 11.8 Å². The monoisotopic (exact) mass is 384 g/mol. The van der Waals surface area contributed by atoms with Gasteiger partial charge in [0.25, 0.3) is 0 Å². The first-order valence-corrected chi connectivity index (χ1v) is 9.25. The van der Waals surface area contributed by atoms with Crippen molar-refractivity contribution in [2.45, 2.75) is 42.0 Å². The molecule has 1 aromatic rings. The number of hydrogen-bond donors (Lipinski definition) is 3. The number of thioether (sulfide) groups is 1. The second-order valence-corrected chi connectivity index (χ2v) is 8.96. The number of β-lactam (4-membered cyclic amide) rings is 1. The number of amides is 2. The quantitative estimate of drug-likeness (QED) is 0.500. The van der Waals surface area contributed by atoms with Crippen LogP contribution in [0.25, 0.3) is 0 Å². The van der Waals surface area contributed by atoms with Crippen LogP contribution in [0.1, 0.15) is 25.3 Å². The Labute approximate surface area is 151 Å². The number of hydrogen-bond acceptors (Lipinski definition) is 6.